The third-order valence-electron chi connectivity index (χ3n) is 3.33. The van der Waals surface area contributed by atoms with Gasteiger partial charge in [-0.2, -0.15) is 0 Å². The summed E-state index contributed by atoms with van der Waals surface area (Å²) in [6, 6.07) is 4.73. The van der Waals surface area contributed by atoms with Crippen LogP contribution in [0.3, 0.4) is 0 Å². The van der Waals surface area contributed by atoms with E-state index >= 15 is 0 Å². The summed E-state index contributed by atoms with van der Waals surface area (Å²) in [4.78, 5) is 0.221. The molecule has 0 saturated carbocycles. The van der Waals surface area contributed by atoms with Crippen molar-refractivity contribution in [2.75, 3.05) is 17.2 Å². The van der Waals surface area contributed by atoms with Gasteiger partial charge in [0.05, 0.1) is 4.90 Å². The van der Waals surface area contributed by atoms with Crippen LogP contribution < -0.4 is 10.5 Å². The Hall–Kier alpha value is -0.920. The molecule has 0 atom stereocenters. The van der Waals surface area contributed by atoms with Gasteiger partial charge in [-0.15, -0.1) is 0 Å². The summed E-state index contributed by atoms with van der Waals surface area (Å²) >= 11 is 0. The van der Waals surface area contributed by atoms with E-state index in [1.165, 1.54) is 0 Å². The molecule has 1 aliphatic rings. The summed E-state index contributed by atoms with van der Waals surface area (Å²) in [5.74, 6) is 1.12. The van der Waals surface area contributed by atoms with Crippen molar-refractivity contribution in [3.8, 4) is 0 Å². The van der Waals surface area contributed by atoms with Crippen molar-refractivity contribution in [2.24, 2.45) is 0 Å². The van der Waals surface area contributed by atoms with Crippen molar-refractivity contribution in [1.82, 2.24) is 4.72 Å². The number of rotatable bonds is 3. The molecule has 0 spiro atoms. The van der Waals surface area contributed by atoms with Gasteiger partial charge >= 0.3 is 0 Å². The van der Waals surface area contributed by atoms with Gasteiger partial charge in [0.15, 0.2) is 0 Å². The molecule has 106 valence electrons. The number of nitrogens with one attached hydrogen (secondary N) is 1. The topological polar surface area (TPSA) is 89.3 Å². The molecule has 7 heteroatoms. The molecular formula is C12H18N2O3S2. The molecule has 1 heterocycles. The van der Waals surface area contributed by atoms with Gasteiger partial charge in [-0.25, -0.2) is 13.1 Å². The van der Waals surface area contributed by atoms with Crippen LogP contribution in [0.2, 0.25) is 0 Å². The second-order valence-corrected chi connectivity index (χ2v) is 8.09. The standard InChI is InChI=1S/C12H18N2O3S2/c1-9-11(13)3-2-4-12(9)19(16,17)14-10-5-7-18(15)8-6-10/h2-4,10,14H,5-8,13H2,1H3. The van der Waals surface area contributed by atoms with Crippen molar-refractivity contribution in [3.63, 3.8) is 0 Å². The van der Waals surface area contributed by atoms with Gasteiger partial charge in [0.1, 0.15) is 0 Å². The molecule has 1 aromatic carbocycles. The minimum absolute atomic E-state index is 0.136. The second kappa shape index (κ2) is 5.60. The molecule has 0 bridgehead atoms. The lowest BCUT2D eigenvalue weighted by atomic mass is 10.2. The molecule has 2 rings (SSSR count). The van der Waals surface area contributed by atoms with Gasteiger partial charge in [-0.1, -0.05) is 6.07 Å². The maximum Gasteiger partial charge on any atom is 0.241 e. The van der Waals surface area contributed by atoms with E-state index in [9.17, 15) is 12.6 Å². The molecule has 0 amide bonds. The number of hydrogen-bond acceptors (Lipinski definition) is 4. The van der Waals surface area contributed by atoms with Crippen LogP contribution in [-0.2, 0) is 20.8 Å². The predicted octanol–water partition coefficient (Wildman–Crippen LogP) is 0.767. The minimum Gasteiger partial charge on any atom is -0.398 e. The number of anilines is 1. The van der Waals surface area contributed by atoms with Gasteiger partial charge in [0.2, 0.25) is 10.0 Å². The molecule has 0 aliphatic carbocycles. The number of benzene rings is 1. The smallest absolute Gasteiger partial charge is 0.241 e. The third-order valence-corrected chi connectivity index (χ3v) is 6.37. The van der Waals surface area contributed by atoms with Crippen molar-refractivity contribution in [3.05, 3.63) is 23.8 Å². The predicted molar refractivity (Wildman–Crippen MR) is 76.8 cm³/mol. The van der Waals surface area contributed by atoms with E-state index in [0.717, 1.165) is 0 Å². The summed E-state index contributed by atoms with van der Waals surface area (Å²) in [5, 5.41) is 0. The van der Waals surface area contributed by atoms with Crippen LogP contribution in [0.4, 0.5) is 5.69 Å². The Morgan fingerprint density at radius 2 is 1.95 bits per heavy atom. The third kappa shape index (κ3) is 3.34. The van der Waals surface area contributed by atoms with Gasteiger partial charge in [-0.05, 0) is 37.5 Å². The lowest BCUT2D eigenvalue weighted by molar-refractivity contribution is 0.521. The van der Waals surface area contributed by atoms with Crippen LogP contribution in [0.15, 0.2) is 23.1 Å². The van der Waals surface area contributed by atoms with E-state index < -0.39 is 20.8 Å². The average Bonchev–Trinajstić information content (AvgIpc) is 2.35. The lowest BCUT2D eigenvalue weighted by Gasteiger charge is -2.23. The van der Waals surface area contributed by atoms with E-state index in [4.69, 9.17) is 5.73 Å². The SMILES string of the molecule is Cc1c(N)cccc1S(=O)(=O)NC1CCS(=O)CC1. The van der Waals surface area contributed by atoms with Crippen LogP contribution in [0.1, 0.15) is 18.4 Å². The highest BCUT2D eigenvalue weighted by molar-refractivity contribution is 7.89. The lowest BCUT2D eigenvalue weighted by Crippen LogP contribution is -2.39. The first kappa shape index (κ1) is 14.5. The molecule has 19 heavy (non-hydrogen) atoms. The molecule has 3 N–H and O–H groups in total. The summed E-state index contributed by atoms with van der Waals surface area (Å²) in [5.41, 5.74) is 6.77. The number of nitrogens with two attached hydrogens (primary N) is 1. The normalized spacial score (nSPS) is 24.3. The van der Waals surface area contributed by atoms with Crippen LogP contribution >= 0.6 is 0 Å². The zero-order valence-electron chi connectivity index (χ0n) is 10.8. The molecule has 1 aromatic rings. The monoisotopic (exact) mass is 302 g/mol. The van der Waals surface area contributed by atoms with Crippen LogP contribution in [0, 0.1) is 6.92 Å². The van der Waals surface area contributed by atoms with Crippen LogP contribution in [0.5, 0.6) is 0 Å². The van der Waals surface area contributed by atoms with Crippen molar-refractivity contribution in [1.29, 1.82) is 0 Å². The van der Waals surface area contributed by atoms with Gasteiger partial charge in [0.25, 0.3) is 0 Å². The number of nitrogen functional groups attached to an aromatic ring is 1. The van der Waals surface area contributed by atoms with Gasteiger partial charge in [0, 0.05) is 34.0 Å². The zero-order chi connectivity index (χ0) is 14.0. The maximum absolute atomic E-state index is 12.3. The highest BCUT2D eigenvalue weighted by Gasteiger charge is 2.25. The first-order valence-electron chi connectivity index (χ1n) is 6.12. The Kier molecular flexibility index (Phi) is 4.27. The van der Waals surface area contributed by atoms with E-state index in [0.29, 0.717) is 35.6 Å². The number of hydrogen-bond donors (Lipinski definition) is 2. The van der Waals surface area contributed by atoms with E-state index in [-0.39, 0.29) is 10.9 Å². The first-order valence-corrected chi connectivity index (χ1v) is 9.09. The maximum atomic E-state index is 12.3. The summed E-state index contributed by atoms with van der Waals surface area (Å²) in [7, 11) is -4.36. The Morgan fingerprint density at radius 1 is 1.32 bits per heavy atom. The molecule has 1 fully saturated rings. The molecule has 0 aromatic heterocycles. The first-order chi connectivity index (χ1) is 8.90. The molecule has 1 saturated heterocycles. The average molecular weight is 302 g/mol. The van der Waals surface area contributed by atoms with Gasteiger partial charge in [-0.3, -0.25) is 4.21 Å². The Bertz CT molecular complexity index is 589. The second-order valence-electron chi connectivity index (χ2n) is 4.71. The van der Waals surface area contributed by atoms with Crippen molar-refractivity contribution < 1.29 is 12.6 Å². The number of sulfonamides is 1. The van der Waals surface area contributed by atoms with E-state index in [1.54, 1.807) is 25.1 Å². The minimum atomic E-state index is -3.56. The van der Waals surface area contributed by atoms with Crippen LogP contribution in [0.25, 0.3) is 0 Å². The zero-order valence-corrected chi connectivity index (χ0v) is 12.4. The molecule has 1 aliphatic heterocycles. The summed E-state index contributed by atoms with van der Waals surface area (Å²) in [6.45, 7) is 1.69. The summed E-state index contributed by atoms with van der Waals surface area (Å²) < 4.78 is 38.6. The van der Waals surface area contributed by atoms with E-state index in [1.807, 2.05) is 0 Å². The largest absolute Gasteiger partial charge is 0.398 e. The molecule has 0 unspecified atom stereocenters. The molecular weight excluding hydrogens is 284 g/mol. The van der Waals surface area contributed by atoms with E-state index in [2.05, 4.69) is 4.72 Å². The van der Waals surface area contributed by atoms with Crippen molar-refractivity contribution >= 4 is 26.5 Å². The Morgan fingerprint density at radius 3 is 2.58 bits per heavy atom. The molecule has 0 radical (unpaired) electrons. The van der Waals surface area contributed by atoms with Crippen LogP contribution in [-0.4, -0.2) is 30.2 Å². The Balaban J connectivity index is 2.19. The molecule has 5 nitrogen and oxygen atoms in total. The highest BCUT2D eigenvalue weighted by Crippen LogP contribution is 2.21. The Labute approximate surface area is 116 Å². The quantitative estimate of drug-likeness (QED) is 0.807. The van der Waals surface area contributed by atoms with Gasteiger partial charge < -0.3 is 5.73 Å². The fourth-order valence-corrected chi connectivity index (χ4v) is 5.00. The fourth-order valence-electron chi connectivity index (χ4n) is 2.12. The van der Waals surface area contributed by atoms with Crippen molar-refractivity contribution in [2.45, 2.75) is 30.7 Å². The summed E-state index contributed by atoms with van der Waals surface area (Å²) in [6.07, 6.45) is 1.24. The fraction of sp³-hybridized carbons (Fsp3) is 0.500. The highest BCUT2D eigenvalue weighted by atomic mass is 32.2.